The third-order valence-electron chi connectivity index (χ3n) is 6.73. The van der Waals surface area contributed by atoms with Crippen LogP contribution in [0, 0.1) is 0 Å². The van der Waals surface area contributed by atoms with Gasteiger partial charge in [-0.25, -0.2) is 4.79 Å². The number of hydrogen-bond acceptors (Lipinski definition) is 4. The summed E-state index contributed by atoms with van der Waals surface area (Å²) < 4.78 is 6.75. The van der Waals surface area contributed by atoms with E-state index < -0.39 is 0 Å². The predicted octanol–water partition coefficient (Wildman–Crippen LogP) is 3.97. The van der Waals surface area contributed by atoms with Crippen molar-refractivity contribution in [3.8, 4) is 0 Å². The van der Waals surface area contributed by atoms with E-state index in [0.717, 1.165) is 42.5 Å². The van der Waals surface area contributed by atoms with E-state index in [0.29, 0.717) is 25.2 Å². The van der Waals surface area contributed by atoms with Crippen molar-refractivity contribution in [2.45, 2.75) is 38.3 Å². The molecule has 1 fully saturated rings. The van der Waals surface area contributed by atoms with Gasteiger partial charge in [-0.15, -0.1) is 0 Å². The van der Waals surface area contributed by atoms with Crippen LogP contribution in [0.1, 0.15) is 36.5 Å². The largest absolute Gasteiger partial charge is 0.442 e. The van der Waals surface area contributed by atoms with Gasteiger partial charge < -0.3 is 14.5 Å². The lowest BCUT2D eigenvalue weighted by molar-refractivity contribution is 0.0617. The molecule has 0 aromatic heterocycles. The molecule has 6 nitrogen and oxygen atoms in total. The van der Waals surface area contributed by atoms with Crippen LogP contribution in [-0.2, 0) is 4.74 Å². The molecular formula is C23H26BrN3O3. The number of allylic oxidation sites excluding steroid dienone is 2. The molecule has 2 atom stereocenters. The zero-order valence-corrected chi connectivity index (χ0v) is 18.7. The van der Waals surface area contributed by atoms with E-state index in [9.17, 15) is 9.59 Å². The molecule has 0 radical (unpaired) electrons. The summed E-state index contributed by atoms with van der Waals surface area (Å²) in [6.45, 7) is 5.42. The van der Waals surface area contributed by atoms with Gasteiger partial charge in [0.1, 0.15) is 6.10 Å². The van der Waals surface area contributed by atoms with E-state index in [4.69, 9.17) is 4.74 Å². The number of ether oxygens (including phenoxy) is 1. The number of hydrogen-bond donors (Lipinski definition) is 0. The summed E-state index contributed by atoms with van der Waals surface area (Å²) in [4.78, 5) is 31.9. The minimum atomic E-state index is -0.294. The van der Waals surface area contributed by atoms with E-state index in [1.807, 2.05) is 28.0 Å². The molecule has 0 saturated carbocycles. The lowest BCUT2D eigenvalue weighted by Gasteiger charge is -2.34. The maximum absolute atomic E-state index is 13.4. The molecule has 1 saturated heterocycles. The summed E-state index contributed by atoms with van der Waals surface area (Å²) in [5.74, 6) is 0.0104. The Hall–Kier alpha value is -2.28. The number of fused-ring (bicyclic) bond motifs is 2. The maximum Gasteiger partial charge on any atom is 0.410 e. The molecule has 3 aliphatic heterocycles. The van der Waals surface area contributed by atoms with Gasteiger partial charge in [0.15, 0.2) is 0 Å². The Bertz CT molecular complexity index is 957. The number of carbonyl (C=O) groups excluding carboxylic acids is 2. The molecule has 7 heteroatoms. The first kappa shape index (κ1) is 19.7. The van der Waals surface area contributed by atoms with Crippen molar-refractivity contribution in [1.82, 2.24) is 9.80 Å². The zero-order chi connectivity index (χ0) is 20.8. The third-order valence-corrected chi connectivity index (χ3v) is 7.23. The fourth-order valence-electron chi connectivity index (χ4n) is 5.08. The second-order valence-corrected chi connectivity index (χ2v) is 9.30. The van der Waals surface area contributed by atoms with Gasteiger partial charge in [0, 0.05) is 30.7 Å². The van der Waals surface area contributed by atoms with Crippen molar-refractivity contribution in [1.29, 1.82) is 0 Å². The Morgan fingerprint density at radius 1 is 1.20 bits per heavy atom. The van der Waals surface area contributed by atoms with Crippen molar-refractivity contribution < 1.29 is 14.3 Å². The minimum Gasteiger partial charge on any atom is -0.442 e. The number of amides is 2. The van der Waals surface area contributed by atoms with Gasteiger partial charge in [-0.3, -0.25) is 9.69 Å². The molecule has 0 spiro atoms. The van der Waals surface area contributed by atoms with Crippen LogP contribution in [0.4, 0.5) is 10.5 Å². The molecule has 0 bridgehead atoms. The van der Waals surface area contributed by atoms with Gasteiger partial charge in [0.05, 0.1) is 23.8 Å². The molecule has 158 valence electrons. The molecule has 2 amide bonds. The van der Waals surface area contributed by atoms with Crippen molar-refractivity contribution in [2.75, 3.05) is 37.6 Å². The molecule has 0 N–H and O–H groups in total. The number of carbonyl (C=O) groups is 2. The molecule has 0 unspecified atom stereocenters. The molecule has 30 heavy (non-hydrogen) atoms. The Labute approximate surface area is 185 Å². The van der Waals surface area contributed by atoms with Crippen LogP contribution in [0.5, 0.6) is 0 Å². The highest BCUT2D eigenvalue weighted by atomic mass is 79.9. The number of cyclic esters (lactones) is 1. The smallest absolute Gasteiger partial charge is 0.410 e. The van der Waals surface area contributed by atoms with Gasteiger partial charge in [-0.1, -0.05) is 28.1 Å². The molecule has 4 aliphatic rings. The minimum absolute atomic E-state index is 0.00159. The van der Waals surface area contributed by atoms with Crippen LogP contribution >= 0.6 is 15.9 Å². The maximum atomic E-state index is 13.4. The Balaban J connectivity index is 1.39. The Morgan fingerprint density at radius 3 is 2.87 bits per heavy atom. The first-order valence-corrected chi connectivity index (χ1v) is 11.5. The highest BCUT2D eigenvalue weighted by molar-refractivity contribution is 9.10. The molecule has 5 rings (SSSR count). The molecule has 1 aliphatic carbocycles. The summed E-state index contributed by atoms with van der Waals surface area (Å²) in [5, 5.41) is 0. The van der Waals surface area contributed by atoms with Crippen LogP contribution in [0.15, 0.2) is 46.0 Å². The normalized spacial score (nSPS) is 25.7. The summed E-state index contributed by atoms with van der Waals surface area (Å²) in [6.07, 6.45) is 6.77. The van der Waals surface area contributed by atoms with Gasteiger partial charge in [0.2, 0.25) is 0 Å². The summed E-state index contributed by atoms with van der Waals surface area (Å²) >= 11 is 3.53. The van der Waals surface area contributed by atoms with Crippen LogP contribution in [0.3, 0.4) is 0 Å². The molecule has 3 heterocycles. The summed E-state index contributed by atoms with van der Waals surface area (Å²) in [5.41, 5.74) is 4.38. The Kier molecular flexibility index (Phi) is 5.09. The standard InChI is InChI=1S/C23H26BrN3O3/c1-2-25-9-10-26(22(28)18-8-7-17(24)12-19(18)25)14-21-20-11-15-5-3-4-6-16(15)13-27(20)23(29)30-21/h3,5,7-8,12,20-21H,2,4,6,9-11,13-14H2,1H3/t20-,21+/m0/s1. The first-order valence-electron chi connectivity index (χ1n) is 10.7. The van der Waals surface area contributed by atoms with E-state index in [-0.39, 0.29) is 24.1 Å². The van der Waals surface area contributed by atoms with Crippen molar-refractivity contribution in [2.24, 2.45) is 0 Å². The quantitative estimate of drug-likeness (QED) is 0.668. The number of likely N-dealkylation sites (N-methyl/N-ethyl adjacent to an activating group) is 1. The number of anilines is 1. The second-order valence-electron chi connectivity index (χ2n) is 8.38. The van der Waals surface area contributed by atoms with Crippen LogP contribution in [0.2, 0.25) is 0 Å². The fraction of sp³-hybridized carbons (Fsp3) is 0.478. The number of benzene rings is 1. The first-order chi connectivity index (χ1) is 14.5. The van der Waals surface area contributed by atoms with Gasteiger partial charge >= 0.3 is 6.09 Å². The second kappa shape index (κ2) is 7.76. The van der Waals surface area contributed by atoms with Crippen molar-refractivity contribution >= 4 is 33.6 Å². The highest BCUT2D eigenvalue weighted by Crippen LogP contribution is 2.36. The third kappa shape index (κ3) is 3.33. The lowest BCUT2D eigenvalue weighted by Crippen LogP contribution is -2.47. The van der Waals surface area contributed by atoms with E-state index in [1.165, 1.54) is 11.1 Å². The molecule has 1 aromatic rings. The average molecular weight is 472 g/mol. The molecule has 1 aromatic carbocycles. The monoisotopic (exact) mass is 471 g/mol. The van der Waals surface area contributed by atoms with Crippen LogP contribution in [0.25, 0.3) is 0 Å². The summed E-state index contributed by atoms with van der Waals surface area (Å²) in [7, 11) is 0. The average Bonchev–Trinajstić information content (AvgIpc) is 2.98. The molecular weight excluding hydrogens is 446 g/mol. The van der Waals surface area contributed by atoms with Crippen molar-refractivity contribution in [3.05, 3.63) is 51.5 Å². The number of halogens is 1. The highest BCUT2D eigenvalue weighted by Gasteiger charge is 2.46. The number of nitrogens with zero attached hydrogens (tertiary/aromatic N) is 3. The fourth-order valence-corrected chi connectivity index (χ4v) is 5.43. The predicted molar refractivity (Wildman–Crippen MR) is 119 cm³/mol. The van der Waals surface area contributed by atoms with Crippen LogP contribution < -0.4 is 4.90 Å². The topological polar surface area (TPSA) is 53.1 Å². The van der Waals surface area contributed by atoms with Gasteiger partial charge in [-0.05, 0) is 55.5 Å². The Morgan fingerprint density at radius 2 is 2.03 bits per heavy atom. The lowest BCUT2D eigenvalue weighted by atomic mass is 9.87. The van der Waals surface area contributed by atoms with E-state index in [2.05, 4.69) is 39.9 Å². The SMILES string of the molecule is CCN1CCN(C[C@H]2OC(=O)N3CC4=C(C=CCC4)C[C@@H]23)C(=O)c2ccc(Br)cc21. The number of rotatable bonds is 3. The van der Waals surface area contributed by atoms with Crippen LogP contribution in [-0.4, -0.2) is 66.7 Å². The van der Waals surface area contributed by atoms with E-state index >= 15 is 0 Å². The van der Waals surface area contributed by atoms with Gasteiger partial charge in [0.25, 0.3) is 5.91 Å². The zero-order valence-electron chi connectivity index (χ0n) is 17.1. The summed E-state index contributed by atoms with van der Waals surface area (Å²) in [6, 6.07) is 5.82. The van der Waals surface area contributed by atoms with Gasteiger partial charge in [-0.2, -0.15) is 0 Å². The van der Waals surface area contributed by atoms with Crippen molar-refractivity contribution in [3.63, 3.8) is 0 Å². The van der Waals surface area contributed by atoms with E-state index in [1.54, 1.807) is 0 Å².